The summed E-state index contributed by atoms with van der Waals surface area (Å²) in [6, 6.07) is 2.27. The Labute approximate surface area is 133 Å². The number of pyridine rings is 1. The van der Waals surface area contributed by atoms with E-state index in [9.17, 15) is 0 Å². The molecular weight excluding hydrogens is 332 g/mol. The van der Waals surface area contributed by atoms with Crippen molar-refractivity contribution < 1.29 is 4.52 Å². The second-order valence-electron chi connectivity index (χ2n) is 5.41. The van der Waals surface area contributed by atoms with Gasteiger partial charge in [-0.2, -0.15) is 4.98 Å². The Morgan fingerprint density at radius 3 is 2.81 bits per heavy atom. The van der Waals surface area contributed by atoms with Crippen LogP contribution in [0.1, 0.15) is 33.1 Å². The van der Waals surface area contributed by atoms with E-state index in [4.69, 9.17) is 4.52 Å². The quantitative estimate of drug-likeness (QED) is 0.826. The summed E-state index contributed by atoms with van der Waals surface area (Å²) in [6.45, 7) is 7.56. The molecule has 1 atom stereocenters. The average Bonchev–Trinajstić information content (AvgIpc) is 2.91. The van der Waals surface area contributed by atoms with Gasteiger partial charge < -0.3 is 9.84 Å². The maximum absolute atomic E-state index is 5.38. The summed E-state index contributed by atoms with van der Waals surface area (Å²) in [7, 11) is 0. The van der Waals surface area contributed by atoms with Crippen LogP contribution in [0.5, 0.6) is 0 Å². The lowest BCUT2D eigenvalue weighted by Crippen LogP contribution is -2.36. The van der Waals surface area contributed by atoms with Gasteiger partial charge in [0.2, 0.25) is 11.7 Å². The lowest BCUT2D eigenvalue weighted by atomic mass is 10.0. The Bertz CT molecular complexity index is 570. The van der Waals surface area contributed by atoms with E-state index < -0.39 is 0 Å². The zero-order valence-corrected chi connectivity index (χ0v) is 14.2. The molecule has 0 aromatic carbocycles. The minimum atomic E-state index is 0.346. The zero-order chi connectivity index (χ0) is 15.2. The van der Waals surface area contributed by atoms with Gasteiger partial charge in [-0.3, -0.25) is 4.98 Å². The molecule has 6 heteroatoms. The van der Waals surface area contributed by atoms with E-state index in [-0.39, 0.29) is 0 Å². The first kappa shape index (κ1) is 16.1. The first-order valence-corrected chi connectivity index (χ1v) is 8.06. The monoisotopic (exact) mass is 352 g/mol. The Kier molecular flexibility index (Phi) is 5.87. The molecule has 0 saturated heterocycles. The van der Waals surface area contributed by atoms with Crippen LogP contribution >= 0.6 is 15.9 Å². The van der Waals surface area contributed by atoms with Crippen LogP contribution in [0.15, 0.2) is 27.5 Å². The molecule has 2 aromatic heterocycles. The third-order valence-corrected chi connectivity index (χ3v) is 3.72. The van der Waals surface area contributed by atoms with Crippen molar-refractivity contribution >= 4 is 15.9 Å². The predicted molar refractivity (Wildman–Crippen MR) is 85.9 cm³/mol. The highest BCUT2D eigenvalue weighted by atomic mass is 79.9. The van der Waals surface area contributed by atoms with E-state index in [1.807, 2.05) is 6.07 Å². The molecule has 0 fully saturated rings. The molecule has 2 heterocycles. The van der Waals surface area contributed by atoms with Crippen molar-refractivity contribution in [1.29, 1.82) is 0 Å². The van der Waals surface area contributed by atoms with Crippen molar-refractivity contribution in [2.45, 2.75) is 39.7 Å². The molecular formula is C15H21BrN4O. The van der Waals surface area contributed by atoms with Crippen LogP contribution in [-0.2, 0) is 6.42 Å². The average molecular weight is 353 g/mol. The summed E-state index contributed by atoms with van der Waals surface area (Å²) < 4.78 is 6.27. The van der Waals surface area contributed by atoms with Crippen molar-refractivity contribution in [2.75, 3.05) is 6.54 Å². The van der Waals surface area contributed by atoms with Crippen LogP contribution in [0.3, 0.4) is 0 Å². The summed E-state index contributed by atoms with van der Waals surface area (Å²) >= 11 is 3.40. The van der Waals surface area contributed by atoms with Crippen LogP contribution in [0.4, 0.5) is 0 Å². The number of hydrogen-bond donors (Lipinski definition) is 1. The number of aromatic nitrogens is 3. The molecule has 0 saturated carbocycles. The molecule has 2 rings (SSSR count). The fraction of sp³-hybridized carbons (Fsp3) is 0.533. The third-order valence-electron chi connectivity index (χ3n) is 3.29. The van der Waals surface area contributed by atoms with Crippen LogP contribution in [0.2, 0.25) is 0 Å². The SMILES string of the molecule is CCCNC(Cc1nc(-c2cncc(Br)c2)no1)C(C)C. The Hall–Kier alpha value is -1.27. The van der Waals surface area contributed by atoms with E-state index in [0.29, 0.717) is 23.7 Å². The summed E-state index contributed by atoms with van der Waals surface area (Å²) in [6.07, 6.45) is 5.32. The Morgan fingerprint density at radius 1 is 1.33 bits per heavy atom. The summed E-state index contributed by atoms with van der Waals surface area (Å²) in [5, 5.41) is 7.57. The number of halogens is 1. The van der Waals surface area contributed by atoms with E-state index >= 15 is 0 Å². The van der Waals surface area contributed by atoms with Gasteiger partial charge in [-0.25, -0.2) is 0 Å². The second-order valence-corrected chi connectivity index (χ2v) is 6.33. The van der Waals surface area contributed by atoms with Crippen molar-refractivity contribution in [3.63, 3.8) is 0 Å². The molecule has 2 aromatic rings. The van der Waals surface area contributed by atoms with E-state index in [2.05, 4.69) is 57.1 Å². The molecule has 0 aliphatic heterocycles. The van der Waals surface area contributed by atoms with E-state index in [1.165, 1.54) is 0 Å². The molecule has 0 aliphatic rings. The van der Waals surface area contributed by atoms with Gasteiger partial charge >= 0.3 is 0 Å². The van der Waals surface area contributed by atoms with Crippen molar-refractivity contribution in [3.05, 3.63) is 28.8 Å². The predicted octanol–water partition coefficient (Wildman–Crippen LogP) is 3.46. The zero-order valence-electron chi connectivity index (χ0n) is 12.6. The first-order valence-electron chi connectivity index (χ1n) is 7.27. The molecule has 5 nitrogen and oxygen atoms in total. The molecule has 1 N–H and O–H groups in total. The molecule has 0 radical (unpaired) electrons. The Morgan fingerprint density at radius 2 is 2.14 bits per heavy atom. The number of nitrogens with one attached hydrogen (secondary N) is 1. The molecule has 114 valence electrons. The van der Waals surface area contributed by atoms with E-state index in [1.54, 1.807) is 12.4 Å². The number of hydrogen-bond acceptors (Lipinski definition) is 5. The number of nitrogens with zero attached hydrogens (tertiary/aromatic N) is 3. The molecule has 1 unspecified atom stereocenters. The standard InChI is InChI=1S/C15H21BrN4O/c1-4-5-18-13(10(2)3)7-14-19-15(20-21-14)11-6-12(16)9-17-8-11/h6,8-10,13,18H,4-5,7H2,1-3H3. The number of rotatable bonds is 7. The fourth-order valence-corrected chi connectivity index (χ4v) is 2.42. The van der Waals surface area contributed by atoms with Crippen LogP contribution < -0.4 is 5.32 Å². The van der Waals surface area contributed by atoms with Gasteiger partial charge in [-0.05, 0) is 40.9 Å². The normalized spacial score (nSPS) is 12.8. The maximum atomic E-state index is 5.38. The van der Waals surface area contributed by atoms with Crippen LogP contribution in [-0.4, -0.2) is 27.7 Å². The van der Waals surface area contributed by atoms with Gasteiger partial charge in [0.1, 0.15) is 0 Å². The largest absolute Gasteiger partial charge is 0.339 e. The lowest BCUT2D eigenvalue weighted by molar-refractivity contribution is 0.326. The summed E-state index contributed by atoms with van der Waals surface area (Å²) in [5.41, 5.74) is 0.849. The van der Waals surface area contributed by atoms with Crippen molar-refractivity contribution in [2.24, 2.45) is 5.92 Å². The molecule has 0 aliphatic carbocycles. The van der Waals surface area contributed by atoms with Gasteiger partial charge in [-0.15, -0.1) is 0 Å². The minimum absolute atomic E-state index is 0.346. The lowest BCUT2D eigenvalue weighted by Gasteiger charge is -2.20. The molecule has 21 heavy (non-hydrogen) atoms. The van der Waals surface area contributed by atoms with Crippen LogP contribution in [0, 0.1) is 5.92 Å². The molecule has 0 amide bonds. The fourth-order valence-electron chi connectivity index (χ4n) is 2.05. The third kappa shape index (κ3) is 4.61. The Balaban J connectivity index is 2.08. The highest BCUT2D eigenvalue weighted by Crippen LogP contribution is 2.19. The smallest absolute Gasteiger partial charge is 0.228 e. The van der Waals surface area contributed by atoms with Crippen molar-refractivity contribution in [1.82, 2.24) is 20.4 Å². The van der Waals surface area contributed by atoms with Gasteiger partial charge in [0.05, 0.1) is 0 Å². The topological polar surface area (TPSA) is 63.8 Å². The second kappa shape index (κ2) is 7.66. The van der Waals surface area contributed by atoms with Crippen molar-refractivity contribution in [3.8, 4) is 11.4 Å². The highest BCUT2D eigenvalue weighted by Gasteiger charge is 2.18. The summed E-state index contributed by atoms with van der Waals surface area (Å²) in [4.78, 5) is 8.59. The van der Waals surface area contributed by atoms with Crippen LogP contribution in [0.25, 0.3) is 11.4 Å². The molecule has 0 spiro atoms. The van der Waals surface area contributed by atoms with Gasteiger partial charge in [-0.1, -0.05) is 25.9 Å². The summed E-state index contributed by atoms with van der Waals surface area (Å²) in [5.74, 6) is 1.75. The molecule has 0 bridgehead atoms. The van der Waals surface area contributed by atoms with Gasteiger partial charge in [0.15, 0.2) is 0 Å². The van der Waals surface area contributed by atoms with E-state index in [0.717, 1.165) is 29.4 Å². The van der Waals surface area contributed by atoms with Gasteiger partial charge in [0.25, 0.3) is 0 Å². The highest BCUT2D eigenvalue weighted by molar-refractivity contribution is 9.10. The minimum Gasteiger partial charge on any atom is -0.339 e. The van der Waals surface area contributed by atoms with Gasteiger partial charge in [0, 0.05) is 34.9 Å². The maximum Gasteiger partial charge on any atom is 0.228 e. The first-order chi connectivity index (χ1) is 10.1.